The number of nitrogens with zero attached hydrogens (tertiary/aromatic N) is 2. The van der Waals surface area contributed by atoms with Crippen LogP contribution in [0.15, 0.2) is 53.0 Å². The van der Waals surface area contributed by atoms with Gasteiger partial charge in [0.2, 0.25) is 10.0 Å². The summed E-state index contributed by atoms with van der Waals surface area (Å²) in [4.78, 5) is 13.1. The minimum absolute atomic E-state index is 0.288. The van der Waals surface area contributed by atoms with E-state index in [1.54, 1.807) is 24.3 Å². The van der Waals surface area contributed by atoms with Gasteiger partial charge in [0, 0.05) is 21.4 Å². The Balaban J connectivity index is 1.66. The van der Waals surface area contributed by atoms with Gasteiger partial charge >= 0.3 is 0 Å². The molecule has 0 unspecified atom stereocenters. The average molecular weight is 489 g/mol. The molecule has 0 fully saturated rings. The van der Waals surface area contributed by atoms with E-state index in [-0.39, 0.29) is 11.7 Å². The number of primary sulfonamides is 1. The normalized spacial score (nSPS) is 13.7. The molecule has 1 aromatic heterocycles. The molecule has 0 atom stereocenters. The molecular formula is C21H21BrN4O3S. The van der Waals surface area contributed by atoms with Crippen molar-refractivity contribution >= 4 is 37.5 Å². The first-order valence-corrected chi connectivity index (χ1v) is 12.1. The standard InChI is InChI=1S/C21H21BrN4O3S/c22-15-6-4-8-17(12-15)26-19-10-2-1-9-18(19)20(25-26)21(27)24-16-7-3-5-14(11-16)13-30(23,28)29/h3-8,11-12H,1-2,9-10,13H2,(H,24,27)(H2,23,28,29). The maximum atomic E-state index is 13.1. The molecule has 30 heavy (non-hydrogen) atoms. The van der Waals surface area contributed by atoms with Crippen LogP contribution in [0.25, 0.3) is 5.69 Å². The zero-order valence-electron chi connectivity index (χ0n) is 16.1. The van der Waals surface area contributed by atoms with Crippen molar-refractivity contribution in [2.45, 2.75) is 31.4 Å². The number of nitrogens with one attached hydrogen (secondary N) is 1. The Bertz CT molecular complexity index is 1220. The number of rotatable bonds is 5. The number of benzene rings is 2. The molecule has 3 N–H and O–H groups in total. The first-order valence-electron chi connectivity index (χ1n) is 9.58. The number of halogens is 1. The Morgan fingerprint density at radius 1 is 1.13 bits per heavy atom. The van der Waals surface area contributed by atoms with Crippen LogP contribution in [0.3, 0.4) is 0 Å². The highest BCUT2D eigenvalue weighted by atomic mass is 79.9. The van der Waals surface area contributed by atoms with Crippen LogP contribution >= 0.6 is 15.9 Å². The lowest BCUT2D eigenvalue weighted by molar-refractivity contribution is 0.102. The quantitative estimate of drug-likeness (QED) is 0.572. The van der Waals surface area contributed by atoms with E-state index >= 15 is 0 Å². The fourth-order valence-corrected chi connectivity index (χ4v) is 4.80. The van der Waals surface area contributed by atoms with Gasteiger partial charge in [0.25, 0.3) is 5.91 Å². The number of sulfonamides is 1. The lowest BCUT2D eigenvalue weighted by Gasteiger charge is -2.14. The smallest absolute Gasteiger partial charge is 0.276 e. The van der Waals surface area contributed by atoms with Crippen LogP contribution in [0.2, 0.25) is 0 Å². The Hall–Kier alpha value is -2.49. The van der Waals surface area contributed by atoms with Gasteiger partial charge < -0.3 is 5.32 Å². The van der Waals surface area contributed by atoms with Crippen molar-refractivity contribution in [2.24, 2.45) is 5.14 Å². The molecule has 4 rings (SSSR count). The molecule has 1 aliphatic rings. The van der Waals surface area contributed by atoms with E-state index in [0.29, 0.717) is 16.9 Å². The van der Waals surface area contributed by atoms with Crippen molar-refractivity contribution in [2.75, 3.05) is 5.32 Å². The molecule has 0 saturated carbocycles. The minimum Gasteiger partial charge on any atom is -0.321 e. The van der Waals surface area contributed by atoms with Crippen LogP contribution in [-0.4, -0.2) is 24.1 Å². The van der Waals surface area contributed by atoms with Crippen molar-refractivity contribution in [3.63, 3.8) is 0 Å². The number of fused-ring (bicyclic) bond motifs is 1. The van der Waals surface area contributed by atoms with E-state index in [2.05, 4.69) is 26.3 Å². The minimum atomic E-state index is -3.65. The Kier molecular flexibility index (Phi) is 5.77. The molecule has 1 aliphatic carbocycles. The van der Waals surface area contributed by atoms with Crippen molar-refractivity contribution in [1.82, 2.24) is 9.78 Å². The van der Waals surface area contributed by atoms with Gasteiger partial charge in [-0.3, -0.25) is 4.79 Å². The van der Waals surface area contributed by atoms with Crippen LogP contribution in [-0.2, 0) is 28.6 Å². The van der Waals surface area contributed by atoms with Crippen LogP contribution in [0.5, 0.6) is 0 Å². The van der Waals surface area contributed by atoms with Crippen LogP contribution < -0.4 is 10.5 Å². The lowest BCUT2D eigenvalue weighted by Crippen LogP contribution is -2.17. The topological polar surface area (TPSA) is 107 Å². The number of nitrogens with two attached hydrogens (primary N) is 1. The summed E-state index contributed by atoms with van der Waals surface area (Å²) >= 11 is 3.49. The highest BCUT2D eigenvalue weighted by Crippen LogP contribution is 2.28. The van der Waals surface area contributed by atoms with Crippen LogP contribution in [0, 0.1) is 0 Å². The Labute approximate surface area is 183 Å². The number of amides is 1. The predicted molar refractivity (Wildman–Crippen MR) is 119 cm³/mol. The number of carbonyl (C=O) groups is 1. The average Bonchev–Trinajstić information content (AvgIpc) is 3.07. The van der Waals surface area contributed by atoms with Crippen molar-refractivity contribution in [3.8, 4) is 5.69 Å². The molecule has 0 aliphatic heterocycles. The van der Waals surface area contributed by atoms with E-state index in [0.717, 1.165) is 47.1 Å². The highest BCUT2D eigenvalue weighted by Gasteiger charge is 2.25. The number of anilines is 1. The van der Waals surface area contributed by atoms with E-state index in [1.165, 1.54) is 0 Å². The summed E-state index contributed by atoms with van der Waals surface area (Å²) in [7, 11) is -3.65. The summed E-state index contributed by atoms with van der Waals surface area (Å²) in [5.41, 5.74) is 4.35. The maximum absolute atomic E-state index is 13.1. The SMILES string of the molecule is NS(=O)(=O)Cc1cccc(NC(=O)c2nn(-c3cccc(Br)c3)c3c2CCCC3)c1. The summed E-state index contributed by atoms with van der Waals surface area (Å²) < 4.78 is 25.5. The van der Waals surface area contributed by atoms with E-state index in [9.17, 15) is 13.2 Å². The second kappa shape index (κ2) is 8.33. The molecule has 156 valence electrons. The predicted octanol–water partition coefficient (Wildman–Crippen LogP) is 3.55. The summed E-state index contributed by atoms with van der Waals surface area (Å²) in [5, 5.41) is 12.6. The first-order chi connectivity index (χ1) is 14.3. The number of aromatic nitrogens is 2. The molecule has 1 amide bonds. The second-order valence-corrected chi connectivity index (χ2v) is 9.86. The number of carbonyl (C=O) groups excluding carboxylic acids is 1. The van der Waals surface area contributed by atoms with Crippen molar-refractivity contribution in [3.05, 3.63) is 75.5 Å². The largest absolute Gasteiger partial charge is 0.321 e. The fraction of sp³-hybridized carbons (Fsp3) is 0.238. The van der Waals surface area contributed by atoms with Crippen molar-refractivity contribution < 1.29 is 13.2 Å². The van der Waals surface area contributed by atoms with Gasteiger partial charge in [0.1, 0.15) is 0 Å². The molecule has 7 nitrogen and oxygen atoms in total. The highest BCUT2D eigenvalue weighted by molar-refractivity contribution is 9.10. The third kappa shape index (κ3) is 4.63. The molecule has 9 heteroatoms. The fourth-order valence-electron chi connectivity index (χ4n) is 3.76. The van der Waals surface area contributed by atoms with Gasteiger partial charge in [-0.2, -0.15) is 5.10 Å². The molecule has 0 spiro atoms. The first kappa shape index (κ1) is 20.8. The maximum Gasteiger partial charge on any atom is 0.276 e. The van der Waals surface area contributed by atoms with E-state index in [1.807, 2.05) is 28.9 Å². The number of hydrogen-bond donors (Lipinski definition) is 2. The second-order valence-electron chi connectivity index (χ2n) is 7.33. The summed E-state index contributed by atoms with van der Waals surface area (Å²) in [5.74, 6) is -0.599. The molecule has 3 aromatic rings. The zero-order valence-corrected chi connectivity index (χ0v) is 18.5. The summed E-state index contributed by atoms with van der Waals surface area (Å²) in [6, 6.07) is 14.5. The molecule has 0 bridgehead atoms. The van der Waals surface area contributed by atoms with Gasteiger partial charge in [-0.15, -0.1) is 0 Å². The molecule has 0 saturated heterocycles. The molecule has 1 heterocycles. The van der Waals surface area contributed by atoms with Crippen molar-refractivity contribution in [1.29, 1.82) is 0 Å². The molecule has 2 aromatic carbocycles. The zero-order chi connectivity index (χ0) is 21.3. The Morgan fingerprint density at radius 2 is 1.90 bits per heavy atom. The molecule has 0 radical (unpaired) electrons. The van der Waals surface area contributed by atoms with Gasteiger partial charge in [0.05, 0.1) is 11.4 Å². The van der Waals surface area contributed by atoms with Gasteiger partial charge in [-0.1, -0.05) is 34.1 Å². The Morgan fingerprint density at radius 3 is 2.67 bits per heavy atom. The third-order valence-electron chi connectivity index (χ3n) is 5.00. The van der Waals surface area contributed by atoms with Gasteiger partial charge in [0.15, 0.2) is 5.69 Å². The molecular weight excluding hydrogens is 468 g/mol. The van der Waals surface area contributed by atoms with Gasteiger partial charge in [-0.25, -0.2) is 18.2 Å². The van der Waals surface area contributed by atoms with E-state index in [4.69, 9.17) is 5.14 Å². The van der Waals surface area contributed by atoms with E-state index < -0.39 is 10.0 Å². The third-order valence-corrected chi connectivity index (χ3v) is 6.23. The monoisotopic (exact) mass is 488 g/mol. The van der Waals surface area contributed by atoms with Crippen LogP contribution in [0.1, 0.15) is 40.2 Å². The summed E-state index contributed by atoms with van der Waals surface area (Å²) in [6.07, 6.45) is 3.74. The van der Waals surface area contributed by atoms with Gasteiger partial charge in [-0.05, 0) is 61.6 Å². The van der Waals surface area contributed by atoms with Crippen LogP contribution in [0.4, 0.5) is 5.69 Å². The number of hydrogen-bond acceptors (Lipinski definition) is 4. The lowest BCUT2D eigenvalue weighted by atomic mass is 9.95. The summed E-state index contributed by atoms with van der Waals surface area (Å²) in [6.45, 7) is 0.